The maximum Gasteiger partial charge on any atom is 0.309 e. The summed E-state index contributed by atoms with van der Waals surface area (Å²) < 4.78 is -1.99. The van der Waals surface area contributed by atoms with Crippen LogP contribution >= 0.6 is 58.0 Å². The van der Waals surface area contributed by atoms with Gasteiger partial charge in [0.1, 0.15) is 9.75 Å². The van der Waals surface area contributed by atoms with E-state index in [1.807, 2.05) is 19.1 Å². The summed E-state index contributed by atoms with van der Waals surface area (Å²) in [6.45, 7) is 3.80. The van der Waals surface area contributed by atoms with Crippen molar-refractivity contribution in [2.24, 2.45) is 11.8 Å². The summed E-state index contributed by atoms with van der Waals surface area (Å²) in [4.78, 5) is 21.9. The molecule has 4 nitrogen and oxygen atoms in total. The van der Waals surface area contributed by atoms with Gasteiger partial charge in [0.25, 0.3) is 0 Å². The lowest BCUT2D eigenvalue weighted by Crippen LogP contribution is -2.48. The Labute approximate surface area is 199 Å². The summed E-state index contributed by atoms with van der Waals surface area (Å²) in [5.41, 5.74) is 4.30. The first-order chi connectivity index (χ1) is 13.9. The van der Waals surface area contributed by atoms with Crippen LogP contribution in [-0.2, 0) is 16.0 Å². The molecule has 160 valence electrons. The van der Waals surface area contributed by atoms with E-state index in [9.17, 15) is 14.7 Å². The number of hydrogen-bond donors (Lipinski definition) is 2. The van der Waals surface area contributed by atoms with Gasteiger partial charge >= 0.3 is 5.97 Å². The number of aliphatic carboxylic acids is 1. The van der Waals surface area contributed by atoms with Crippen molar-refractivity contribution in [3.8, 4) is 0 Å². The highest BCUT2D eigenvalue weighted by atomic mass is 35.5. The highest BCUT2D eigenvalue weighted by molar-refractivity contribution is 6.63. The molecular weight excluding hydrogens is 492 g/mol. The number of benzene rings is 1. The lowest BCUT2D eigenvalue weighted by molar-refractivity contribution is -0.146. The van der Waals surface area contributed by atoms with Crippen LogP contribution in [0.3, 0.4) is 0 Å². The molecule has 30 heavy (non-hydrogen) atoms. The van der Waals surface area contributed by atoms with E-state index in [1.54, 1.807) is 13.0 Å². The molecule has 0 aromatic heterocycles. The molecule has 1 aromatic rings. The number of halogens is 5. The monoisotopic (exact) mass is 507 g/mol. The van der Waals surface area contributed by atoms with Gasteiger partial charge in [-0.3, -0.25) is 9.59 Å². The smallest absolute Gasteiger partial charge is 0.309 e. The van der Waals surface area contributed by atoms with Crippen molar-refractivity contribution in [2.75, 3.05) is 5.32 Å². The number of rotatable bonds is 4. The molecule has 2 bridgehead atoms. The second-order valence-corrected chi connectivity index (χ2v) is 10.9. The van der Waals surface area contributed by atoms with Crippen LogP contribution in [0.5, 0.6) is 0 Å². The second kappa shape index (κ2) is 7.05. The molecule has 4 rings (SSSR count). The first-order valence-electron chi connectivity index (χ1n) is 9.40. The Morgan fingerprint density at radius 2 is 1.83 bits per heavy atom. The number of carbonyl (C=O) groups is 2. The minimum Gasteiger partial charge on any atom is -0.481 e. The fourth-order valence-corrected chi connectivity index (χ4v) is 7.72. The molecule has 3 aliphatic rings. The van der Waals surface area contributed by atoms with Crippen LogP contribution in [0.15, 0.2) is 34.4 Å². The van der Waals surface area contributed by atoms with E-state index in [-0.39, 0.29) is 5.03 Å². The lowest BCUT2D eigenvalue weighted by Gasteiger charge is -2.35. The molecular formula is C21H18Cl5NO3. The molecule has 0 saturated heterocycles. The van der Waals surface area contributed by atoms with Crippen LogP contribution in [0.4, 0.5) is 5.69 Å². The van der Waals surface area contributed by atoms with Gasteiger partial charge in [-0.05, 0) is 48.6 Å². The van der Waals surface area contributed by atoms with E-state index < -0.39 is 37.8 Å². The Morgan fingerprint density at radius 1 is 1.17 bits per heavy atom. The van der Waals surface area contributed by atoms with Crippen molar-refractivity contribution >= 4 is 81.6 Å². The molecule has 0 radical (unpaired) electrons. The van der Waals surface area contributed by atoms with E-state index in [0.29, 0.717) is 17.7 Å². The summed E-state index contributed by atoms with van der Waals surface area (Å²) in [5, 5.41) is 12.7. The van der Waals surface area contributed by atoms with Crippen molar-refractivity contribution in [3.05, 3.63) is 45.5 Å². The van der Waals surface area contributed by atoms with Crippen molar-refractivity contribution < 1.29 is 14.7 Å². The number of alkyl halides is 4. The van der Waals surface area contributed by atoms with Gasteiger partial charge in [-0.15, -0.1) is 23.2 Å². The molecule has 3 aliphatic carbocycles. The Bertz CT molecular complexity index is 1050. The molecule has 9 heteroatoms. The number of carbonyl (C=O) groups excluding carboxylic acids is 1. The maximum atomic E-state index is 13.4. The molecule has 1 fully saturated rings. The average molecular weight is 510 g/mol. The summed E-state index contributed by atoms with van der Waals surface area (Å²) in [6, 6.07) is 5.52. The predicted molar refractivity (Wildman–Crippen MR) is 122 cm³/mol. The number of carboxylic acid groups (broad SMARTS) is 1. The van der Waals surface area contributed by atoms with Gasteiger partial charge in [0.05, 0.1) is 11.8 Å². The molecule has 0 heterocycles. The van der Waals surface area contributed by atoms with E-state index in [0.717, 1.165) is 17.5 Å². The zero-order valence-corrected chi connectivity index (χ0v) is 19.8. The largest absolute Gasteiger partial charge is 0.481 e. The third-order valence-corrected chi connectivity index (χ3v) is 9.97. The fourth-order valence-electron chi connectivity index (χ4n) is 5.02. The van der Waals surface area contributed by atoms with Gasteiger partial charge in [0, 0.05) is 10.7 Å². The number of anilines is 1. The normalized spacial score (nSPS) is 33.5. The first kappa shape index (κ1) is 22.3. The molecule has 4 atom stereocenters. The van der Waals surface area contributed by atoms with E-state index in [1.165, 1.54) is 5.57 Å². The van der Waals surface area contributed by atoms with Crippen LogP contribution in [0, 0.1) is 11.8 Å². The average Bonchev–Trinajstić information content (AvgIpc) is 3.12. The zero-order chi connectivity index (χ0) is 22.2. The van der Waals surface area contributed by atoms with Crippen molar-refractivity contribution in [2.45, 2.75) is 40.8 Å². The maximum absolute atomic E-state index is 13.4. The van der Waals surface area contributed by atoms with Gasteiger partial charge in [0.2, 0.25) is 5.91 Å². The molecule has 1 saturated carbocycles. The quantitative estimate of drug-likeness (QED) is 0.492. The highest BCUT2D eigenvalue weighted by Gasteiger charge is 2.84. The van der Waals surface area contributed by atoms with E-state index in [2.05, 4.69) is 11.4 Å². The molecule has 0 spiro atoms. The fraction of sp³-hybridized carbons (Fsp3) is 0.429. The van der Waals surface area contributed by atoms with Gasteiger partial charge in [-0.25, -0.2) is 0 Å². The minimum atomic E-state index is -1.99. The van der Waals surface area contributed by atoms with Crippen LogP contribution in [-0.4, -0.2) is 31.1 Å². The number of hydrogen-bond acceptors (Lipinski definition) is 2. The molecule has 0 aliphatic heterocycles. The third kappa shape index (κ3) is 2.61. The topological polar surface area (TPSA) is 66.4 Å². The van der Waals surface area contributed by atoms with Gasteiger partial charge in [0.15, 0.2) is 4.33 Å². The van der Waals surface area contributed by atoms with Crippen LogP contribution in [0.25, 0.3) is 6.08 Å². The van der Waals surface area contributed by atoms with Crippen LogP contribution in [0.1, 0.15) is 31.4 Å². The highest BCUT2D eigenvalue weighted by Crippen LogP contribution is 2.76. The standard InChI is InChI=1S/C21H18Cl5NO3/c1-3-13-16(22)20(24)15(18(29)30)14(19(13,23)21(20,25)26)17(28)27-12-5-4-10-6-9(2)7-11(10)8-12/h4-6,8,14-15H,3,7H2,1-2H3,(H,27,28)(H,29,30). The Balaban J connectivity index is 1.76. The first-order valence-corrected chi connectivity index (χ1v) is 11.3. The number of fused-ring (bicyclic) bond motifs is 3. The third-order valence-electron chi connectivity index (χ3n) is 6.31. The van der Waals surface area contributed by atoms with E-state index >= 15 is 0 Å². The Hall–Kier alpha value is -0.910. The summed E-state index contributed by atoms with van der Waals surface area (Å²) in [7, 11) is 0. The Morgan fingerprint density at radius 3 is 2.43 bits per heavy atom. The SMILES string of the molecule is CCC1=C(Cl)C2(Cl)C(C(=O)O)C(C(=O)Nc3ccc4c(c3)CC(C)=C4)C1(Cl)C2(Cl)Cl. The van der Waals surface area contributed by atoms with Gasteiger partial charge in [-0.2, -0.15) is 0 Å². The van der Waals surface area contributed by atoms with Gasteiger partial charge < -0.3 is 10.4 Å². The number of carboxylic acids is 1. The second-order valence-electron chi connectivity index (χ2n) is 8.01. The summed E-state index contributed by atoms with van der Waals surface area (Å²) in [5.74, 6) is -4.80. The molecule has 1 aromatic carbocycles. The summed E-state index contributed by atoms with van der Waals surface area (Å²) in [6.07, 6.45) is 3.19. The van der Waals surface area contributed by atoms with E-state index in [4.69, 9.17) is 58.0 Å². The number of amides is 1. The van der Waals surface area contributed by atoms with Crippen LogP contribution in [0.2, 0.25) is 0 Å². The van der Waals surface area contributed by atoms with Gasteiger partial charge in [-0.1, -0.05) is 59.4 Å². The lowest BCUT2D eigenvalue weighted by atomic mass is 9.77. The number of nitrogens with one attached hydrogen (secondary N) is 1. The number of allylic oxidation sites excluding steroid dienone is 3. The van der Waals surface area contributed by atoms with Crippen molar-refractivity contribution in [3.63, 3.8) is 0 Å². The molecule has 1 amide bonds. The predicted octanol–water partition coefficient (Wildman–Crippen LogP) is 5.96. The zero-order valence-electron chi connectivity index (χ0n) is 16.0. The van der Waals surface area contributed by atoms with Crippen molar-refractivity contribution in [1.82, 2.24) is 0 Å². The molecule has 4 unspecified atom stereocenters. The molecule has 2 N–H and O–H groups in total. The van der Waals surface area contributed by atoms with Crippen molar-refractivity contribution in [1.29, 1.82) is 0 Å². The summed E-state index contributed by atoms with van der Waals surface area (Å²) >= 11 is 33.2. The Kier molecular flexibility index (Phi) is 5.24. The minimum absolute atomic E-state index is 0.00203. The van der Waals surface area contributed by atoms with Crippen LogP contribution < -0.4 is 5.32 Å².